The molecule has 0 spiro atoms. The number of ether oxygens (including phenoxy) is 2. The van der Waals surface area contributed by atoms with Crippen molar-refractivity contribution in [3.05, 3.63) is 33.1 Å². The van der Waals surface area contributed by atoms with Crippen LogP contribution in [0.3, 0.4) is 0 Å². The molecule has 5 atom stereocenters. The van der Waals surface area contributed by atoms with Gasteiger partial charge in [-0.3, -0.25) is 23.8 Å². The molecule has 0 aliphatic carbocycles. The number of likely N-dealkylation sites (tertiary alicyclic amines) is 1. The predicted octanol–water partition coefficient (Wildman–Crippen LogP) is 0.498. The van der Waals surface area contributed by atoms with E-state index in [1.165, 1.54) is 23.9 Å². The van der Waals surface area contributed by atoms with Crippen molar-refractivity contribution in [1.82, 2.24) is 14.5 Å². The summed E-state index contributed by atoms with van der Waals surface area (Å²) >= 11 is 0. The van der Waals surface area contributed by atoms with Crippen LogP contribution in [0.4, 0.5) is 0 Å². The van der Waals surface area contributed by atoms with E-state index < -0.39 is 49.2 Å². The van der Waals surface area contributed by atoms with Gasteiger partial charge >= 0.3 is 13.3 Å². The summed E-state index contributed by atoms with van der Waals surface area (Å²) < 4.78 is 36.9. The fraction of sp³-hybridized carbons (Fsp3) is 0.778. The third-order valence-electron chi connectivity index (χ3n) is 5.44. The van der Waals surface area contributed by atoms with Crippen LogP contribution >= 0.6 is 7.60 Å². The molecule has 2 saturated heterocycles. The number of aliphatic hydroxyl groups is 1. The Morgan fingerprint density at radius 3 is 2.60 bits per heavy atom. The van der Waals surface area contributed by atoms with Gasteiger partial charge in [0.15, 0.2) is 6.23 Å². The van der Waals surface area contributed by atoms with Gasteiger partial charge in [0.1, 0.15) is 24.1 Å². The lowest BCUT2D eigenvalue weighted by molar-refractivity contribution is -0.0583. The van der Waals surface area contributed by atoms with Crippen molar-refractivity contribution in [1.29, 1.82) is 0 Å². The van der Waals surface area contributed by atoms with Crippen LogP contribution in [0.5, 0.6) is 0 Å². The molecule has 1 aromatic rings. The highest BCUT2D eigenvalue weighted by atomic mass is 31.2. The summed E-state index contributed by atoms with van der Waals surface area (Å²) in [4.78, 5) is 27.7. The first-order valence-corrected chi connectivity index (χ1v) is 11.8. The first-order chi connectivity index (χ1) is 14.3. The fourth-order valence-corrected chi connectivity index (χ4v) is 6.40. The van der Waals surface area contributed by atoms with Crippen molar-refractivity contribution in [2.45, 2.75) is 57.0 Å². The van der Waals surface area contributed by atoms with Crippen LogP contribution in [0, 0.1) is 0 Å². The van der Waals surface area contributed by atoms with Gasteiger partial charge in [-0.2, -0.15) is 0 Å². The second-order valence-corrected chi connectivity index (χ2v) is 9.46. The number of methoxy groups -OCH3 is 1. The molecule has 0 saturated carbocycles. The number of aliphatic hydroxyl groups excluding tert-OH is 1. The Morgan fingerprint density at radius 1 is 1.30 bits per heavy atom. The Balaban J connectivity index is 1.79. The van der Waals surface area contributed by atoms with Gasteiger partial charge in [-0.25, -0.2) is 4.79 Å². The maximum Gasteiger partial charge on any atom is 0.347 e. The first-order valence-electron chi connectivity index (χ1n) is 10.1. The van der Waals surface area contributed by atoms with E-state index in [-0.39, 0.29) is 19.8 Å². The van der Waals surface area contributed by atoms with Crippen LogP contribution in [0.25, 0.3) is 0 Å². The largest absolute Gasteiger partial charge is 0.387 e. The molecule has 0 radical (unpaired) electrons. The van der Waals surface area contributed by atoms with Crippen LogP contribution in [-0.4, -0.2) is 77.1 Å². The van der Waals surface area contributed by atoms with Crippen molar-refractivity contribution in [2.24, 2.45) is 0 Å². The quantitative estimate of drug-likeness (QED) is 0.519. The number of rotatable bonds is 9. The Kier molecular flexibility index (Phi) is 7.67. The molecule has 30 heavy (non-hydrogen) atoms. The molecular weight excluding hydrogens is 417 g/mol. The molecule has 11 nitrogen and oxygen atoms in total. The van der Waals surface area contributed by atoms with Crippen molar-refractivity contribution in [3.63, 3.8) is 0 Å². The van der Waals surface area contributed by atoms with E-state index >= 15 is 0 Å². The molecule has 0 aromatic carbocycles. The summed E-state index contributed by atoms with van der Waals surface area (Å²) in [5, 5.41) is 10.8. The van der Waals surface area contributed by atoms with E-state index in [1.54, 1.807) is 13.8 Å². The van der Waals surface area contributed by atoms with E-state index in [0.717, 1.165) is 6.42 Å². The minimum atomic E-state index is -3.35. The van der Waals surface area contributed by atoms with Crippen LogP contribution in [0.1, 0.15) is 32.9 Å². The number of H-pyrrole nitrogens is 1. The Bertz CT molecular complexity index is 863. The van der Waals surface area contributed by atoms with E-state index in [2.05, 4.69) is 4.98 Å². The van der Waals surface area contributed by atoms with Gasteiger partial charge < -0.3 is 23.6 Å². The maximum absolute atomic E-state index is 13.3. The number of hydrogen-bond donors (Lipinski definition) is 2. The second-order valence-electron chi connectivity index (χ2n) is 7.27. The average Bonchev–Trinajstić information content (AvgIpc) is 3.28. The highest BCUT2D eigenvalue weighted by Gasteiger charge is 2.49. The smallest absolute Gasteiger partial charge is 0.347 e. The van der Waals surface area contributed by atoms with E-state index in [0.29, 0.717) is 13.0 Å². The van der Waals surface area contributed by atoms with Crippen LogP contribution < -0.4 is 11.2 Å². The maximum atomic E-state index is 13.3. The summed E-state index contributed by atoms with van der Waals surface area (Å²) in [6, 6.07) is 1.20. The molecule has 3 heterocycles. The lowest BCUT2D eigenvalue weighted by Crippen LogP contribution is -2.42. The van der Waals surface area contributed by atoms with Crippen molar-refractivity contribution in [2.75, 3.05) is 33.4 Å². The normalized spacial score (nSPS) is 30.2. The van der Waals surface area contributed by atoms with E-state index in [9.17, 15) is 19.3 Å². The summed E-state index contributed by atoms with van der Waals surface area (Å²) in [6.07, 6.45) is -0.680. The number of aromatic nitrogens is 2. The average molecular weight is 447 g/mol. The Hall–Kier alpha value is -1.33. The zero-order valence-electron chi connectivity index (χ0n) is 17.4. The summed E-state index contributed by atoms with van der Waals surface area (Å²) in [7, 11) is -1.93. The SMILES string of the molecule is CCOP(=O)(OCC)C1CCCN1C[C@H]1O[C@@H](n2ccc(=O)[nH]c2=O)C(OC)C1O. The third-order valence-corrected chi connectivity index (χ3v) is 7.99. The minimum Gasteiger partial charge on any atom is -0.387 e. The lowest BCUT2D eigenvalue weighted by Gasteiger charge is -2.32. The van der Waals surface area contributed by atoms with Gasteiger partial charge in [0.2, 0.25) is 0 Å². The van der Waals surface area contributed by atoms with Crippen molar-refractivity contribution < 1.29 is 28.2 Å². The van der Waals surface area contributed by atoms with Gasteiger partial charge in [0, 0.05) is 25.9 Å². The molecule has 3 unspecified atom stereocenters. The molecular formula is C18H30N3O8P. The highest BCUT2D eigenvalue weighted by Crippen LogP contribution is 2.57. The molecule has 2 aliphatic heterocycles. The molecule has 3 rings (SSSR count). The minimum absolute atomic E-state index is 0.268. The van der Waals surface area contributed by atoms with E-state index in [4.69, 9.17) is 18.5 Å². The number of nitrogens with zero attached hydrogens (tertiary/aromatic N) is 2. The standard InChI is InChI=1S/C18H30N3O8P/c1-4-27-30(25,28-5-2)14-7-6-9-20(14)11-12-15(23)16(26-3)17(29-12)21-10-8-13(22)19-18(21)24/h8,10,12,14-17,23H,4-7,9,11H2,1-3H3,(H,19,22,24)/t12-,14?,15?,16?,17-/m1/s1. The first kappa shape index (κ1) is 23.3. The van der Waals surface area contributed by atoms with E-state index in [1.807, 2.05) is 4.90 Å². The Morgan fingerprint density at radius 2 is 2.00 bits per heavy atom. The number of hydrogen-bond acceptors (Lipinski definition) is 9. The molecule has 0 amide bonds. The van der Waals surface area contributed by atoms with Crippen LogP contribution in [0.15, 0.2) is 21.9 Å². The van der Waals surface area contributed by atoms with Crippen LogP contribution in [-0.2, 0) is 23.1 Å². The van der Waals surface area contributed by atoms with Gasteiger partial charge in [-0.1, -0.05) is 0 Å². The zero-order chi connectivity index (χ0) is 21.9. The number of nitrogens with one attached hydrogen (secondary N) is 1. The van der Waals surface area contributed by atoms with Gasteiger partial charge in [0.25, 0.3) is 5.56 Å². The Labute approximate surface area is 174 Å². The molecule has 0 bridgehead atoms. The monoisotopic (exact) mass is 447 g/mol. The molecule has 2 aliphatic rings. The van der Waals surface area contributed by atoms with Crippen LogP contribution in [0.2, 0.25) is 0 Å². The molecule has 12 heteroatoms. The topological polar surface area (TPSA) is 132 Å². The number of aromatic amines is 1. The summed E-state index contributed by atoms with van der Waals surface area (Å²) in [6.45, 7) is 5.00. The molecule has 1 aromatic heterocycles. The molecule has 170 valence electrons. The fourth-order valence-electron chi connectivity index (χ4n) is 4.16. The van der Waals surface area contributed by atoms with Gasteiger partial charge in [0.05, 0.1) is 13.2 Å². The second kappa shape index (κ2) is 9.86. The van der Waals surface area contributed by atoms with Gasteiger partial charge in [-0.05, 0) is 33.2 Å². The highest BCUT2D eigenvalue weighted by molar-refractivity contribution is 7.54. The lowest BCUT2D eigenvalue weighted by atomic mass is 10.1. The summed E-state index contributed by atoms with van der Waals surface area (Å²) in [5.74, 6) is -0.427. The predicted molar refractivity (Wildman–Crippen MR) is 107 cm³/mol. The van der Waals surface area contributed by atoms with Gasteiger partial charge in [-0.15, -0.1) is 0 Å². The third kappa shape index (κ3) is 4.62. The van der Waals surface area contributed by atoms with Crippen molar-refractivity contribution >= 4 is 7.60 Å². The van der Waals surface area contributed by atoms with Crippen molar-refractivity contribution in [3.8, 4) is 0 Å². The zero-order valence-corrected chi connectivity index (χ0v) is 18.3. The summed E-state index contributed by atoms with van der Waals surface area (Å²) in [5.41, 5.74) is -1.18. The molecule has 2 fully saturated rings. The molecule has 2 N–H and O–H groups in total.